The van der Waals surface area contributed by atoms with Crippen LogP contribution in [0.1, 0.15) is 52.3 Å². The lowest BCUT2D eigenvalue weighted by Gasteiger charge is -2.59. The lowest BCUT2D eigenvalue weighted by atomic mass is 9.41. The standard InChI is InChI=1S/C50H40/c1-2-45-46(38-24-10-3-11-25-38)48(40-28-14-5-15-29-40)50(43-34-20-8-21-35-43,44-36-22-9-23-37-44)49(41-30-16-6-17-31-41,42-32-18-7-19-33-42)47(45)39-26-12-4-13-27-39/h3-37H,2H2,1H3. The van der Waals surface area contributed by atoms with Crippen molar-refractivity contribution in [3.8, 4) is 0 Å². The molecule has 50 heavy (non-hydrogen) atoms. The molecule has 0 saturated heterocycles. The molecule has 8 rings (SSSR count). The van der Waals surface area contributed by atoms with E-state index in [1.54, 1.807) is 0 Å². The summed E-state index contributed by atoms with van der Waals surface area (Å²) in [5.41, 5.74) is 12.5. The second-order valence-electron chi connectivity index (χ2n) is 13.0. The van der Waals surface area contributed by atoms with Crippen LogP contribution in [0, 0.1) is 0 Å². The molecule has 1 aliphatic rings. The highest BCUT2D eigenvalue weighted by atomic mass is 14.6. The van der Waals surface area contributed by atoms with Crippen LogP contribution >= 0.6 is 0 Å². The van der Waals surface area contributed by atoms with E-state index >= 15 is 0 Å². The molecule has 0 aromatic heterocycles. The molecular weight excluding hydrogens is 601 g/mol. The maximum absolute atomic E-state index is 2.36. The SMILES string of the molecule is CCC1=C(c2ccccc2)C(c2ccccc2)(c2ccccc2)C(c2ccccc2)(c2ccccc2)C(c2ccccc2)=C1c1ccccc1. The summed E-state index contributed by atoms with van der Waals surface area (Å²) in [5.74, 6) is 0. The van der Waals surface area contributed by atoms with Gasteiger partial charge in [-0.1, -0.05) is 219 Å². The Hall–Kier alpha value is -5.98. The highest BCUT2D eigenvalue weighted by Crippen LogP contribution is 2.69. The van der Waals surface area contributed by atoms with E-state index in [0.717, 1.165) is 6.42 Å². The minimum absolute atomic E-state index is 0.714. The van der Waals surface area contributed by atoms with Gasteiger partial charge in [-0.25, -0.2) is 0 Å². The van der Waals surface area contributed by atoms with E-state index in [1.165, 1.54) is 61.2 Å². The third-order valence-electron chi connectivity index (χ3n) is 10.5. The number of allylic oxidation sites excluding steroid dienone is 4. The summed E-state index contributed by atoms with van der Waals surface area (Å²) >= 11 is 0. The molecular formula is C50H40. The van der Waals surface area contributed by atoms with Gasteiger partial charge in [0.2, 0.25) is 0 Å². The van der Waals surface area contributed by atoms with E-state index in [9.17, 15) is 0 Å². The van der Waals surface area contributed by atoms with Gasteiger partial charge in [-0.05, 0) is 67.7 Å². The molecule has 0 bridgehead atoms. The average molecular weight is 641 g/mol. The predicted octanol–water partition coefficient (Wildman–Crippen LogP) is 12.4. The molecule has 0 fully saturated rings. The first kappa shape index (κ1) is 31.3. The Balaban J connectivity index is 1.77. The quantitative estimate of drug-likeness (QED) is 0.155. The topological polar surface area (TPSA) is 0 Å². The van der Waals surface area contributed by atoms with Gasteiger partial charge < -0.3 is 0 Å². The monoisotopic (exact) mass is 640 g/mol. The average Bonchev–Trinajstić information content (AvgIpc) is 3.22. The van der Waals surface area contributed by atoms with Crippen LogP contribution < -0.4 is 0 Å². The van der Waals surface area contributed by atoms with Crippen LogP contribution in [0.4, 0.5) is 0 Å². The molecule has 0 amide bonds. The predicted molar refractivity (Wildman–Crippen MR) is 211 cm³/mol. The van der Waals surface area contributed by atoms with Crippen LogP contribution in [0.25, 0.3) is 16.7 Å². The van der Waals surface area contributed by atoms with Crippen molar-refractivity contribution in [1.29, 1.82) is 0 Å². The summed E-state index contributed by atoms with van der Waals surface area (Å²) < 4.78 is 0. The number of rotatable bonds is 8. The Kier molecular flexibility index (Phi) is 8.45. The second-order valence-corrected chi connectivity index (χ2v) is 13.0. The third kappa shape index (κ3) is 4.83. The molecule has 0 heteroatoms. The van der Waals surface area contributed by atoms with Crippen LogP contribution in [0.15, 0.2) is 218 Å². The zero-order valence-corrected chi connectivity index (χ0v) is 28.4. The summed E-state index contributed by atoms with van der Waals surface area (Å²) in [6.45, 7) is 2.34. The fourth-order valence-corrected chi connectivity index (χ4v) is 8.83. The lowest BCUT2D eigenvalue weighted by Crippen LogP contribution is -2.55. The fraction of sp³-hybridized carbons (Fsp3) is 0.0800. The molecule has 0 N–H and O–H groups in total. The Labute approximate surface area is 296 Å². The summed E-state index contributed by atoms with van der Waals surface area (Å²) in [7, 11) is 0. The molecule has 1 aliphatic carbocycles. The van der Waals surface area contributed by atoms with Crippen molar-refractivity contribution in [2.24, 2.45) is 0 Å². The van der Waals surface area contributed by atoms with Gasteiger partial charge in [0.1, 0.15) is 0 Å². The van der Waals surface area contributed by atoms with Crippen molar-refractivity contribution in [3.05, 3.63) is 257 Å². The molecule has 7 aromatic rings. The Morgan fingerprint density at radius 2 is 0.560 bits per heavy atom. The summed E-state index contributed by atoms with van der Waals surface area (Å²) in [4.78, 5) is 0. The van der Waals surface area contributed by atoms with E-state index in [0.29, 0.717) is 0 Å². The van der Waals surface area contributed by atoms with Crippen molar-refractivity contribution in [2.45, 2.75) is 24.2 Å². The van der Waals surface area contributed by atoms with Crippen molar-refractivity contribution in [1.82, 2.24) is 0 Å². The van der Waals surface area contributed by atoms with E-state index < -0.39 is 10.8 Å². The van der Waals surface area contributed by atoms with E-state index in [-0.39, 0.29) is 0 Å². The first-order chi connectivity index (χ1) is 24.8. The van der Waals surface area contributed by atoms with Gasteiger partial charge in [0.25, 0.3) is 0 Å². The first-order valence-electron chi connectivity index (χ1n) is 17.7. The first-order valence-corrected chi connectivity index (χ1v) is 17.7. The van der Waals surface area contributed by atoms with Gasteiger partial charge >= 0.3 is 0 Å². The second kappa shape index (κ2) is 13.5. The van der Waals surface area contributed by atoms with E-state index in [2.05, 4.69) is 219 Å². The molecule has 0 unspecified atom stereocenters. The molecule has 0 radical (unpaired) electrons. The van der Waals surface area contributed by atoms with Crippen LogP contribution in [0.3, 0.4) is 0 Å². The van der Waals surface area contributed by atoms with Crippen LogP contribution in [-0.4, -0.2) is 0 Å². The van der Waals surface area contributed by atoms with E-state index in [4.69, 9.17) is 0 Å². The van der Waals surface area contributed by atoms with Crippen LogP contribution in [-0.2, 0) is 10.8 Å². The van der Waals surface area contributed by atoms with Crippen LogP contribution in [0.2, 0.25) is 0 Å². The van der Waals surface area contributed by atoms with Gasteiger partial charge in [0.05, 0.1) is 10.8 Å². The van der Waals surface area contributed by atoms with Crippen molar-refractivity contribution < 1.29 is 0 Å². The minimum atomic E-state index is -0.741. The summed E-state index contributed by atoms with van der Waals surface area (Å²) in [6.07, 6.45) is 0.853. The fourth-order valence-electron chi connectivity index (χ4n) is 8.83. The molecule has 0 saturated carbocycles. The third-order valence-corrected chi connectivity index (χ3v) is 10.5. The summed E-state index contributed by atoms with van der Waals surface area (Å²) in [6, 6.07) is 78.6. The number of benzene rings is 7. The summed E-state index contributed by atoms with van der Waals surface area (Å²) in [5, 5.41) is 0. The van der Waals surface area contributed by atoms with Gasteiger partial charge in [-0.2, -0.15) is 0 Å². The van der Waals surface area contributed by atoms with E-state index in [1.807, 2.05) is 0 Å². The normalized spacial score (nSPS) is 15.1. The number of hydrogen-bond donors (Lipinski definition) is 0. The molecule has 7 aromatic carbocycles. The molecule has 240 valence electrons. The lowest BCUT2D eigenvalue weighted by molar-refractivity contribution is 0.471. The molecule has 0 atom stereocenters. The zero-order chi connectivity index (χ0) is 33.8. The Bertz CT molecular complexity index is 2150. The highest BCUT2D eigenvalue weighted by Gasteiger charge is 2.63. The maximum atomic E-state index is 2.36. The van der Waals surface area contributed by atoms with Crippen molar-refractivity contribution in [2.75, 3.05) is 0 Å². The minimum Gasteiger partial charge on any atom is -0.0622 e. The molecule has 0 heterocycles. The smallest absolute Gasteiger partial charge is 0.0622 e. The van der Waals surface area contributed by atoms with Crippen molar-refractivity contribution in [3.63, 3.8) is 0 Å². The molecule has 0 spiro atoms. The van der Waals surface area contributed by atoms with Gasteiger partial charge in [0, 0.05) is 0 Å². The zero-order valence-electron chi connectivity index (χ0n) is 28.4. The van der Waals surface area contributed by atoms with Crippen LogP contribution in [0.5, 0.6) is 0 Å². The van der Waals surface area contributed by atoms with Gasteiger partial charge in [-0.15, -0.1) is 0 Å². The molecule has 0 aliphatic heterocycles. The highest BCUT2D eigenvalue weighted by molar-refractivity contribution is 6.13. The number of hydrogen-bond acceptors (Lipinski definition) is 0. The Morgan fingerprint density at radius 1 is 0.300 bits per heavy atom. The maximum Gasteiger partial charge on any atom is 0.0641 e. The van der Waals surface area contributed by atoms with Gasteiger partial charge in [0.15, 0.2) is 0 Å². The molecule has 0 nitrogen and oxygen atoms in total. The largest absolute Gasteiger partial charge is 0.0641 e. The van der Waals surface area contributed by atoms with Crippen molar-refractivity contribution >= 4 is 16.7 Å². The Morgan fingerprint density at radius 3 is 0.880 bits per heavy atom. The van der Waals surface area contributed by atoms with Gasteiger partial charge in [-0.3, -0.25) is 0 Å².